The van der Waals surface area contributed by atoms with Gasteiger partial charge < -0.3 is 29.6 Å². The molecule has 0 radical (unpaired) electrons. The summed E-state index contributed by atoms with van der Waals surface area (Å²) in [5, 5.41) is 5.81. The maximum Gasteiger partial charge on any atom is 0.573 e. The predicted octanol–water partition coefficient (Wildman–Crippen LogP) is 4.20. The predicted molar refractivity (Wildman–Crippen MR) is 130 cm³/mol. The number of amides is 1. The summed E-state index contributed by atoms with van der Waals surface area (Å²) in [6, 6.07) is 13.9. The van der Waals surface area contributed by atoms with Gasteiger partial charge >= 0.3 is 6.36 Å². The van der Waals surface area contributed by atoms with Gasteiger partial charge in [-0.3, -0.25) is 4.79 Å². The second kappa shape index (κ2) is 14.1. The Balaban J connectivity index is 1.52. The largest absolute Gasteiger partial charge is 0.573 e. The van der Waals surface area contributed by atoms with Gasteiger partial charge in [0, 0.05) is 36.5 Å². The number of carbonyl (C=O) groups excluding carboxylic acids is 1. The highest BCUT2D eigenvalue weighted by atomic mass is 19.4. The van der Waals surface area contributed by atoms with Gasteiger partial charge in [-0.2, -0.15) is 0 Å². The van der Waals surface area contributed by atoms with Crippen molar-refractivity contribution in [2.24, 2.45) is 0 Å². The van der Waals surface area contributed by atoms with Gasteiger partial charge in [0.15, 0.2) is 0 Å². The third kappa shape index (κ3) is 10.0. The van der Waals surface area contributed by atoms with E-state index >= 15 is 0 Å². The van der Waals surface area contributed by atoms with Crippen LogP contribution in [0.2, 0.25) is 0 Å². The topological polar surface area (TPSA) is 104 Å². The quantitative estimate of drug-likeness (QED) is 0.305. The van der Waals surface area contributed by atoms with Crippen molar-refractivity contribution in [2.45, 2.75) is 6.36 Å². The second-order valence-corrected chi connectivity index (χ2v) is 7.54. The van der Waals surface area contributed by atoms with Crippen LogP contribution in [-0.2, 0) is 14.2 Å². The Morgan fingerprint density at radius 3 is 2.38 bits per heavy atom. The summed E-state index contributed by atoms with van der Waals surface area (Å²) >= 11 is 0. The number of methoxy groups -OCH3 is 1. The van der Waals surface area contributed by atoms with Gasteiger partial charge in [0.2, 0.25) is 0 Å². The molecule has 1 heterocycles. The number of hydrogen-bond acceptors (Lipinski definition) is 8. The minimum absolute atomic E-state index is 0.254. The van der Waals surface area contributed by atoms with Crippen LogP contribution in [-0.4, -0.2) is 68.9 Å². The molecule has 12 heteroatoms. The van der Waals surface area contributed by atoms with Crippen molar-refractivity contribution in [3.8, 4) is 17.0 Å². The third-order valence-corrected chi connectivity index (χ3v) is 4.78. The van der Waals surface area contributed by atoms with E-state index in [-0.39, 0.29) is 11.7 Å². The molecule has 3 rings (SSSR count). The standard InChI is InChI=1S/C25H27F3N4O5/c1-34-11-12-36-14-13-35-10-9-29-24(33)19-4-2-3-18(15-19)22-16-23(31-17-30-22)32-20-5-7-21(8-6-20)37-25(26,27)28/h2-8,15-17H,9-14H2,1H3,(H,29,33)(H,30,31,32). The number of halogens is 3. The van der Waals surface area contributed by atoms with E-state index in [1.807, 2.05) is 0 Å². The monoisotopic (exact) mass is 520 g/mol. The number of aromatic nitrogens is 2. The van der Waals surface area contributed by atoms with Crippen molar-refractivity contribution in [2.75, 3.05) is 52.0 Å². The minimum Gasteiger partial charge on any atom is -0.406 e. The molecule has 2 N–H and O–H groups in total. The first-order valence-corrected chi connectivity index (χ1v) is 11.3. The van der Waals surface area contributed by atoms with E-state index < -0.39 is 6.36 Å². The summed E-state index contributed by atoms with van der Waals surface area (Å²) in [4.78, 5) is 20.9. The summed E-state index contributed by atoms with van der Waals surface area (Å²) in [6.07, 6.45) is -3.41. The summed E-state index contributed by atoms with van der Waals surface area (Å²) in [7, 11) is 1.60. The van der Waals surface area contributed by atoms with E-state index in [0.29, 0.717) is 67.9 Å². The molecule has 1 amide bonds. The Labute approximate surface area is 211 Å². The number of ether oxygens (including phenoxy) is 4. The highest BCUT2D eigenvalue weighted by molar-refractivity contribution is 5.95. The van der Waals surface area contributed by atoms with Crippen LogP contribution in [0, 0.1) is 0 Å². The van der Waals surface area contributed by atoms with Gasteiger partial charge in [-0.05, 0) is 36.4 Å². The fourth-order valence-corrected chi connectivity index (χ4v) is 3.09. The second-order valence-electron chi connectivity index (χ2n) is 7.54. The van der Waals surface area contributed by atoms with Crippen molar-refractivity contribution >= 4 is 17.4 Å². The number of nitrogens with zero attached hydrogens (tertiary/aromatic N) is 2. The zero-order valence-electron chi connectivity index (χ0n) is 20.1. The van der Waals surface area contributed by atoms with Crippen LogP contribution in [0.4, 0.5) is 24.7 Å². The van der Waals surface area contributed by atoms with Crippen molar-refractivity contribution in [1.29, 1.82) is 0 Å². The fraction of sp³-hybridized carbons (Fsp3) is 0.320. The average Bonchev–Trinajstić information content (AvgIpc) is 2.88. The summed E-state index contributed by atoms with van der Waals surface area (Å²) < 4.78 is 56.5. The lowest BCUT2D eigenvalue weighted by atomic mass is 10.1. The third-order valence-electron chi connectivity index (χ3n) is 4.78. The van der Waals surface area contributed by atoms with Gasteiger partial charge in [0.25, 0.3) is 5.91 Å². The fourth-order valence-electron chi connectivity index (χ4n) is 3.09. The number of anilines is 2. The molecule has 0 spiro atoms. The molecule has 2 aromatic carbocycles. The molecule has 0 bridgehead atoms. The molecule has 0 aliphatic rings. The van der Waals surface area contributed by atoms with Crippen molar-refractivity contribution < 1.29 is 36.9 Å². The molecule has 9 nitrogen and oxygen atoms in total. The van der Waals surface area contributed by atoms with Crippen LogP contribution in [0.15, 0.2) is 60.9 Å². The molecule has 1 aromatic heterocycles. The highest BCUT2D eigenvalue weighted by Gasteiger charge is 2.30. The molecule has 0 unspecified atom stereocenters. The van der Waals surface area contributed by atoms with Crippen molar-refractivity contribution in [3.63, 3.8) is 0 Å². The number of hydrogen-bond donors (Lipinski definition) is 2. The van der Waals surface area contributed by atoms with Gasteiger partial charge in [0.1, 0.15) is 17.9 Å². The van der Waals surface area contributed by atoms with Crippen LogP contribution in [0.1, 0.15) is 10.4 Å². The Bertz CT molecular complexity index is 1130. The zero-order valence-corrected chi connectivity index (χ0v) is 20.1. The first-order chi connectivity index (χ1) is 17.8. The van der Waals surface area contributed by atoms with E-state index in [0.717, 1.165) is 0 Å². The smallest absolute Gasteiger partial charge is 0.406 e. The zero-order chi connectivity index (χ0) is 26.5. The van der Waals surface area contributed by atoms with Gasteiger partial charge in [-0.1, -0.05) is 12.1 Å². The lowest BCUT2D eigenvalue weighted by Crippen LogP contribution is -2.27. The SMILES string of the molecule is COCCOCCOCCNC(=O)c1cccc(-c2cc(Nc3ccc(OC(F)(F)F)cc3)ncn2)c1. The highest BCUT2D eigenvalue weighted by Crippen LogP contribution is 2.26. The molecule has 37 heavy (non-hydrogen) atoms. The van der Waals surface area contributed by atoms with Crippen molar-refractivity contribution in [3.05, 3.63) is 66.5 Å². The Morgan fingerprint density at radius 1 is 0.919 bits per heavy atom. The van der Waals surface area contributed by atoms with E-state index in [9.17, 15) is 18.0 Å². The first kappa shape index (κ1) is 27.8. The Morgan fingerprint density at radius 2 is 1.65 bits per heavy atom. The molecular formula is C25H27F3N4O5. The van der Waals surface area contributed by atoms with Crippen molar-refractivity contribution in [1.82, 2.24) is 15.3 Å². The van der Waals surface area contributed by atoms with Crippen LogP contribution in [0.25, 0.3) is 11.3 Å². The van der Waals surface area contributed by atoms with E-state index in [4.69, 9.17) is 14.2 Å². The number of nitrogens with one attached hydrogen (secondary N) is 2. The van der Waals surface area contributed by atoms with Crippen LogP contribution in [0.3, 0.4) is 0 Å². The average molecular weight is 521 g/mol. The summed E-state index contributed by atoms with van der Waals surface area (Å²) in [5.41, 5.74) is 2.21. The number of rotatable bonds is 14. The molecule has 0 atom stereocenters. The molecule has 198 valence electrons. The summed E-state index contributed by atoms with van der Waals surface area (Å²) in [6.45, 7) is 2.60. The molecule has 3 aromatic rings. The lowest BCUT2D eigenvalue weighted by Gasteiger charge is -2.11. The molecular weight excluding hydrogens is 493 g/mol. The summed E-state index contributed by atoms with van der Waals surface area (Å²) in [5.74, 6) is -0.155. The molecule has 0 saturated heterocycles. The number of benzene rings is 2. The van der Waals surface area contributed by atoms with Crippen LogP contribution >= 0.6 is 0 Å². The van der Waals surface area contributed by atoms with Crippen LogP contribution in [0.5, 0.6) is 5.75 Å². The maximum atomic E-state index is 12.5. The van der Waals surface area contributed by atoms with E-state index in [1.54, 1.807) is 37.4 Å². The number of alkyl halides is 3. The van der Waals surface area contributed by atoms with E-state index in [2.05, 4.69) is 25.3 Å². The number of carbonyl (C=O) groups is 1. The molecule has 0 fully saturated rings. The normalized spacial score (nSPS) is 11.2. The molecule has 0 aliphatic carbocycles. The molecule has 0 saturated carbocycles. The van der Waals surface area contributed by atoms with E-state index in [1.165, 1.54) is 30.6 Å². The van der Waals surface area contributed by atoms with Crippen LogP contribution < -0.4 is 15.4 Å². The van der Waals surface area contributed by atoms with Gasteiger partial charge in [0.05, 0.1) is 38.7 Å². The van der Waals surface area contributed by atoms with Gasteiger partial charge in [-0.25, -0.2) is 9.97 Å². The first-order valence-electron chi connectivity index (χ1n) is 11.3. The Kier molecular flexibility index (Phi) is 10.6. The van der Waals surface area contributed by atoms with Gasteiger partial charge in [-0.15, -0.1) is 13.2 Å². The Hall–Kier alpha value is -3.74. The maximum absolute atomic E-state index is 12.5. The lowest BCUT2D eigenvalue weighted by molar-refractivity contribution is -0.274. The molecule has 0 aliphatic heterocycles. The minimum atomic E-state index is -4.75.